The van der Waals surface area contributed by atoms with Gasteiger partial charge in [-0.05, 0) is 42.0 Å². The van der Waals surface area contributed by atoms with Gasteiger partial charge in [-0.15, -0.1) is 0 Å². The summed E-state index contributed by atoms with van der Waals surface area (Å²) in [4.78, 5) is 42.4. The second kappa shape index (κ2) is 15.8. The Morgan fingerprint density at radius 1 is 0.913 bits per heavy atom. The maximum Gasteiger partial charge on any atom is 0.260 e. The van der Waals surface area contributed by atoms with Crippen molar-refractivity contribution in [1.82, 2.24) is 20.3 Å². The number of rotatable bonds is 14. The molecule has 0 saturated carbocycles. The monoisotopic (exact) mass is 655 g/mol. The molecular formula is C35H53N5O5S. The molecule has 46 heavy (non-hydrogen) atoms. The molecule has 2 rings (SSSR count). The average Bonchev–Trinajstić information content (AvgIpc) is 2.97. The van der Waals surface area contributed by atoms with Crippen molar-refractivity contribution in [1.29, 1.82) is 0 Å². The normalized spacial score (nSPS) is 14.7. The van der Waals surface area contributed by atoms with Crippen LogP contribution in [-0.4, -0.2) is 63.3 Å². The van der Waals surface area contributed by atoms with Gasteiger partial charge < -0.3 is 21.3 Å². The zero-order chi connectivity index (χ0) is 35.0. The number of nitrogens with zero attached hydrogens (tertiary/aromatic N) is 1. The quantitative estimate of drug-likeness (QED) is 0.227. The number of nitrogens with one attached hydrogen (secondary N) is 3. The zero-order valence-corrected chi connectivity index (χ0v) is 29.8. The highest BCUT2D eigenvalue weighted by atomic mass is 32.2. The SMILES string of the molecule is CNC(C(=O)NC(C(=O)N(C)C(C=C(C)C(=O)NS(=O)(=O)Cc1ccccc1)C(C)C)C(C)(C)C)C(C)(C)c1ccc(CN)cc1. The van der Waals surface area contributed by atoms with Gasteiger partial charge in [-0.2, -0.15) is 0 Å². The lowest BCUT2D eigenvalue weighted by Crippen LogP contribution is -2.61. The molecule has 0 fully saturated rings. The Balaban J connectivity index is 2.30. The topological polar surface area (TPSA) is 151 Å². The van der Waals surface area contributed by atoms with E-state index in [2.05, 4.69) is 15.4 Å². The van der Waals surface area contributed by atoms with Crippen molar-refractivity contribution >= 4 is 27.7 Å². The van der Waals surface area contributed by atoms with Gasteiger partial charge in [-0.25, -0.2) is 13.1 Å². The van der Waals surface area contributed by atoms with E-state index in [0.29, 0.717) is 12.1 Å². The van der Waals surface area contributed by atoms with Crippen LogP contribution in [0.5, 0.6) is 0 Å². The summed E-state index contributed by atoms with van der Waals surface area (Å²) < 4.78 is 27.5. The second-order valence-corrected chi connectivity index (χ2v) is 15.6. The standard InChI is InChI=1S/C35H53N5O5S/c1-23(2)28(20-24(3)31(41)39-46(44,45)22-26-14-12-11-13-15-26)40(10)33(43)30(34(4,5)6)38-32(42)29(37-9)35(7,8)27-18-16-25(21-36)17-19-27/h11-20,23,28-30,37H,21-22,36H2,1-10H3,(H,38,42)(H,39,41). The summed E-state index contributed by atoms with van der Waals surface area (Å²) in [6.07, 6.45) is 1.60. The lowest BCUT2D eigenvalue weighted by Gasteiger charge is -2.40. The summed E-state index contributed by atoms with van der Waals surface area (Å²) in [5.74, 6) is -1.89. The van der Waals surface area contributed by atoms with E-state index in [0.717, 1.165) is 11.1 Å². The Bertz CT molecular complexity index is 1480. The van der Waals surface area contributed by atoms with Crippen LogP contribution in [0.2, 0.25) is 0 Å². The Morgan fingerprint density at radius 3 is 1.96 bits per heavy atom. The number of nitrogens with two attached hydrogens (primary N) is 1. The molecule has 0 spiro atoms. The molecule has 10 nitrogen and oxygen atoms in total. The third-order valence-corrected chi connectivity index (χ3v) is 9.52. The van der Waals surface area contributed by atoms with Crippen molar-refractivity contribution in [3.63, 3.8) is 0 Å². The van der Waals surface area contributed by atoms with E-state index in [4.69, 9.17) is 5.73 Å². The lowest BCUT2D eigenvalue weighted by atomic mass is 9.76. The highest BCUT2D eigenvalue weighted by molar-refractivity contribution is 7.89. The van der Waals surface area contributed by atoms with Crippen LogP contribution in [0.4, 0.5) is 0 Å². The minimum atomic E-state index is -3.94. The van der Waals surface area contributed by atoms with Crippen LogP contribution < -0.4 is 21.1 Å². The van der Waals surface area contributed by atoms with Crippen LogP contribution in [0.25, 0.3) is 0 Å². The van der Waals surface area contributed by atoms with Crippen LogP contribution in [-0.2, 0) is 42.1 Å². The zero-order valence-electron chi connectivity index (χ0n) is 29.0. The number of sulfonamides is 1. The minimum Gasteiger partial charge on any atom is -0.342 e. The first-order valence-electron chi connectivity index (χ1n) is 15.6. The van der Waals surface area contributed by atoms with Crippen molar-refractivity contribution in [2.45, 2.75) is 91.2 Å². The number of hydrogen-bond acceptors (Lipinski definition) is 7. The average molecular weight is 656 g/mol. The first kappa shape index (κ1) is 38.6. The van der Waals surface area contributed by atoms with Gasteiger partial charge in [0.1, 0.15) is 6.04 Å². The molecule has 0 radical (unpaired) electrons. The van der Waals surface area contributed by atoms with E-state index >= 15 is 0 Å². The maximum absolute atomic E-state index is 14.1. The molecule has 5 N–H and O–H groups in total. The lowest BCUT2D eigenvalue weighted by molar-refractivity contribution is -0.140. The number of carbonyl (C=O) groups excluding carboxylic acids is 3. The van der Waals surface area contributed by atoms with E-state index in [1.54, 1.807) is 50.5 Å². The summed E-state index contributed by atoms with van der Waals surface area (Å²) in [5.41, 5.74) is 7.12. The second-order valence-electron chi connectivity index (χ2n) is 13.9. The third-order valence-electron chi connectivity index (χ3n) is 8.31. The molecule has 0 aromatic heterocycles. The molecule has 0 aliphatic heterocycles. The van der Waals surface area contributed by atoms with Crippen LogP contribution in [0.15, 0.2) is 66.2 Å². The predicted molar refractivity (Wildman–Crippen MR) is 184 cm³/mol. The minimum absolute atomic E-state index is 0.130. The molecule has 11 heteroatoms. The number of hydrogen-bond donors (Lipinski definition) is 4. The van der Waals surface area contributed by atoms with Gasteiger partial charge in [0.25, 0.3) is 5.91 Å². The molecule has 3 amide bonds. The Morgan fingerprint density at radius 2 is 1.48 bits per heavy atom. The van der Waals surface area contributed by atoms with Crippen LogP contribution in [0, 0.1) is 11.3 Å². The summed E-state index contributed by atoms with van der Waals surface area (Å²) in [7, 11) is -0.599. The van der Waals surface area contributed by atoms with Gasteiger partial charge >= 0.3 is 0 Å². The van der Waals surface area contributed by atoms with Crippen molar-refractivity contribution in [2.75, 3.05) is 14.1 Å². The number of carbonyl (C=O) groups is 3. The Kier molecular flexibility index (Phi) is 13.3. The fourth-order valence-corrected chi connectivity index (χ4v) is 6.56. The van der Waals surface area contributed by atoms with Crippen molar-refractivity contribution < 1.29 is 22.8 Å². The fourth-order valence-electron chi connectivity index (χ4n) is 5.42. The van der Waals surface area contributed by atoms with Crippen molar-refractivity contribution in [3.8, 4) is 0 Å². The molecule has 0 heterocycles. The third kappa shape index (κ3) is 10.2. The van der Waals surface area contributed by atoms with E-state index in [9.17, 15) is 22.8 Å². The highest BCUT2D eigenvalue weighted by Crippen LogP contribution is 2.29. The molecule has 3 unspecified atom stereocenters. The predicted octanol–water partition coefficient (Wildman–Crippen LogP) is 3.62. The van der Waals surface area contributed by atoms with E-state index < -0.39 is 44.9 Å². The van der Waals surface area contributed by atoms with Gasteiger partial charge in [0.05, 0.1) is 17.8 Å². The van der Waals surface area contributed by atoms with Crippen molar-refractivity contribution in [2.24, 2.45) is 17.1 Å². The van der Waals surface area contributed by atoms with E-state index in [-0.39, 0.29) is 29.1 Å². The maximum atomic E-state index is 14.1. The summed E-state index contributed by atoms with van der Waals surface area (Å²) >= 11 is 0. The molecule has 0 aliphatic rings. The molecule has 2 aromatic rings. The van der Waals surface area contributed by atoms with E-state index in [1.807, 2.05) is 72.7 Å². The van der Waals surface area contributed by atoms with Crippen LogP contribution in [0.3, 0.4) is 0 Å². The largest absolute Gasteiger partial charge is 0.342 e. The Hall–Kier alpha value is -3.54. The van der Waals surface area contributed by atoms with Gasteiger partial charge in [-0.3, -0.25) is 14.4 Å². The first-order valence-corrected chi connectivity index (χ1v) is 17.2. The van der Waals surface area contributed by atoms with Gasteiger partial charge in [0.2, 0.25) is 21.8 Å². The van der Waals surface area contributed by atoms with Gasteiger partial charge in [-0.1, -0.05) is 109 Å². The number of benzene rings is 2. The van der Waals surface area contributed by atoms with Gasteiger partial charge in [0.15, 0.2) is 0 Å². The van der Waals surface area contributed by atoms with Crippen LogP contribution in [0.1, 0.15) is 72.1 Å². The molecule has 2 aromatic carbocycles. The van der Waals surface area contributed by atoms with Crippen molar-refractivity contribution in [3.05, 3.63) is 82.9 Å². The Labute approximate surface area is 275 Å². The van der Waals surface area contributed by atoms with Gasteiger partial charge in [0, 0.05) is 24.6 Å². The first-order chi connectivity index (χ1) is 21.2. The molecule has 3 atom stereocenters. The summed E-state index contributed by atoms with van der Waals surface area (Å²) in [6.45, 7) is 15.3. The highest BCUT2D eigenvalue weighted by Gasteiger charge is 2.41. The summed E-state index contributed by atoms with van der Waals surface area (Å²) in [5, 5.41) is 6.16. The molecule has 0 saturated heterocycles. The number of likely N-dealkylation sites (N-methyl/N-ethyl adjacent to an activating group) is 2. The molecule has 254 valence electrons. The summed E-state index contributed by atoms with van der Waals surface area (Å²) in [6, 6.07) is 14.3. The van der Waals surface area contributed by atoms with Crippen LogP contribution >= 0.6 is 0 Å². The smallest absolute Gasteiger partial charge is 0.260 e. The molecular weight excluding hydrogens is 602 g/mol. The fraction of sp³-hybridized carbons (Fsp3) is 0.514. The van der Waals surface area contributed by atoms with E-state index in [1.165, 1.54) is 11.8 Å². The number of amides is 3. The molecule has 0 aliphatic carbocycles. The molecule has 0 bridgehead atoms.